The van der Waals surface area contributed by atoms with Crippen molar-refractivity contribution in [3.05, 3.63) is 12.2 Å². The van der Waals surface area contributed by atoms with Crippen molar-refractivity contribution in [2.45, 2.75) is 64.9 Å². The van der Waals surface area contributed by atoms with Crippen molar-refractivity contribution in [1.82, 2.24) is 5.32 Å². The molecule has 0 aliphatic carbocycles. The third-order valence-electron chi connectivity index (χ3n) is 4.28. The average molecular weight is 269 g/mol. The summed E-state index contributed by atoms with van der Waals surface area (Å²) < 4.78 is 6.29. The van der Waals surface area contributed by atoms with E-state index >= 15 is 0 Å². The minimum Gasteiger partial charge on any atom is -0.413 e. The monoisotopic (exact) mass is 269 g/mol. The van der Waals surface area contributed by atoms with Gasteiger partial charge in [0.1, 0.15) is 0 Å². The van der Waals surface area contributed by atoms with Crippen LogP contribution in [0.5, 0.6) is 0 Å². The summed E-state index contributed by atoms with van der Waals surface area (Å²) in [7, 11) is -1.82. The predicted molar refractivity (Wildman–Crippen MR) is 78.0 cm³/mol. The standard InChI is InChI=1S/C14H27NO2Si/c1-9(2)12-11(13(16)15-12)10(3)17-18(7,8)14(4,5)6/h10-12H,1H2,2-8H3,(H,15,16)/t10?,11-,12-/m1/s1. The van der Waals surface area contributed by atoms with E-state index in [0.29, 0.717) is 0 Å². The first-order valence-corrected chi connectivity index (χ1v) is 9.52. The molecule has 104 valence electrons. The topological polar surface area (TPSA) is 38.3 Å². The Balaban J connectivity index is 2.74. The molecule has 1 N–H and O–H groups in total. The van der Waals surface area contributed by atoms with Gasteiger partial charge in [0.25, 0.3) is 0 Å². The van der Waals surface area contributed by atoms with E-state index in [4.69, 9.17) is 4.43 Å². The fourth-order valence-electron chi connectivity index (χ4n) is 2.02. The summed E-state index contributed by atoms with van der Waals surface area (Å²) in [6.07, 6.45) is -0.0404. The Kier molecular flexibility index (Phi) is 4.13. The maximum Gasteiger partial charge on any atom is 0.228 e. The molecule has 0 radical (unpaired) electrons. The number of carbonyl (C=O) groups is 1. The minimum absolute atomic E-state index is 0.0404. The van der Waals surface area contributed by atoms with Gasteiger partial charge >= 0.3 is 0 Å². The van der Waals surface area contributed by atoms with Gasteiger partial charge in [0, 0.05) is 0 Å². The quantitative estimate of drug-likeness (QED) is 0.484. The van der Waals surface area contributed by atoms with E-state index in [2.05, 4.69) is 45.8 Å². The molecule has 0 bridgehead atoms. The molecule has 0 saturated carbocycles. The highest BCUT2D eigenvalue weighted by Crippen LogP contribution is 2.39. The summed E-state index contributed by atoms with van der Waals surface area (Å²) in [5.74, 6) is 0.0193. The van der Waals surface area contributed by atoms with Crippen LogP contribution in [0.3, 0.4) is 0 Å². The van der Waals surface area contributed by atoms with Crippen LogP contribution in [0.15, 0.2) is 12.2 Å². The molecule has 1 saturated heterocycles. The molecule has 1 aliphatic rings. The van der Waals surface area contributed by atoms with Crippen LogP contribution < -0.4 is 5.32 Å². The van der Waals surface area contributed by atoms with Crippen LogP contribution in [0.1, 0.15) is 34.6 Å². The summed E-state index contributed by atoms with van der Waals surface area (Å²) in [5.41, 5.74) is 1.00. The second-order valence-electron chi connectivity index (χ2n) is 6.94. The Morgan fingerprint density at radius 1 is 1.44 bits per heavy atom. The molecule has 4 heteroatoms. The first kappa shape index (κ1) is 15.4. The normalized spacial score (nSPS) is 26.3. The van der Waals surface area contributed by atoms with E-state index < -0.39 is 8.32 Å². The number of rotatable bonds is 4. The number of carbonyl (C=O) groups excluding carboxylic acids is 1. The smallest absolute Gasteiger partial charge is 0.228 e. The SMILES string of the molecule is C=C(C)[C@H]1NC(=O)[C@@H]1C(C)O[Si](C)(C)C(C)(C)C. The number of amides is 1. The van der Waals surface area contributed by atoms with Gasteiger partial charge in [-0.05, 0) is 32.0 Å². The van der Waals surface area contributed by atoms with E-state index in [0.717, 1.165) is 5.57 Å². The highest BCUT2D eigenvalue weighted by atomic mass is 28.4. The fraction of sp³-hybridized carbons (Fsp3) is 0.786. The Labute approximate surface area is 112 Å². The first-order chi connectivity index (χ1) is 7.97. The van der Waals surface area contributed by atoms with Crippen LogP contribution in [0.2, 0.25) is 18.1 Å². The highest BCUT2D eigenvalue weighted by Gasteiger charge is 2.47. The lowest BCUT2D eigenvalue weighted by Crippen LogP contribution is -2.64. The zero-order valence-electron chi connectivity index (χ0n) is 12.8. The molecular formula is C14H27NO2Si. The van der Waals surface area contributed by atoms with Gasteiger partial charge in [0.15, 0.2) is 8.32 Å². The van der Waals surface area contributed by atoms with Crippen LogP contribution in [0.4, 0.5) is 0 Å². The molecule has 1 rings (SSSR count). The molecule has 1 unspecified atom stereocenters. The van der Waals surface area contributed by atoms with Gasteiger partial charge in [0.2, 0.25) is 5.91 Å². The molecule has 0 aromatic carbocycles. The van der Waals surface area contributed by atoms with Gasteiger partial charge in [0.05, 0.1) is 18.1 Å². The van der Waals surface area contributed by atoms with Gasteiger partial charge in [-0.3, -0.25) is 4.79 Å². The largest absolute Gasteiger partial charge is 0.413 e. The highest BCUT2D eigenvalue weighted by molar-refractivity contribution is 6.74. The van der Waals surface area contributed by atoms with Crippen molar-refractivity contribution >= 4 is 14.2 Å². The molecule has 1 aliphatic heterocycles. The predicted octanol–water partition coefficient (Wildman–Crippen LogP) is 3.09. The van der Waals surface area contributed by atoms with E-state index in [1.807, 2.05) is 13.8 Å². The van der Waals surface area contributed by atoms with Gasteiger partial charge in [-0.1, -0.05) is 32.9 Å². The maximum atomic E-state index is 11.7. The van der Waals surface area contributed by atoms with Gasteiger partial charge in [-0.25, -0.2) is 0 Å². The second-order valence-corrected chi connectivity index (χ2v) is 11.7. The number of hydrogen-bond acceptors (Lipinski definition) is 2. The lowest BCUT2D eigenvalue weighted by Gasteiger charge is -2.45. The summed E-state index contributed by atoms with van der Waals surface area (Å²) in [5, 5.41) is 3.06. The summed E-state index contributed by atoms with van der Waals surface area (Å²) in [6.45, 7) is 19.0. The molecule has 3 nitrogen and oxygen atoms in total. The molecule has 0 aromatic rings. The van der Waals surface area contributed by atoms with Crippen molar-refractivity contribution < 1.29 is 9.22 Å². The second kappa shape index (κ2) is 4.81. The zero-order chi connectivity index (χ0) is 14.3. The van der Waals surface area contributed by atoms with Gasteiger partial charge in [-0.15, -0.1) is 0 Å². The Morgan fingerprint density at radius 3 is 2.28 bits per heavy atom. The number of hydrogen-bond donors (Lipinski definition) is 1. The Bertz CT molecular complexity index is 357. The molecule has 0 aromatic heterocycles. The molecule has 18 heavy (non-hydrogen) atoms. The van der Waals surface area contributed by atoms with E-state index in [-0.39, 0.29) is 29.0 Å². The lowest BCUT2D eigenvalue weighted by atomic mass is 9.82. The number of β-lactam (4-membered cyclic amide) rings is 1. The van der Waals surface area contributed by atoms with Crippen molar-refractivity contribution in [1.29, 1.82) is 0 Å². The summed E-state index contributed by atoms with van der Waals surface area (Å²) >= 11 is 0. The van der Waals surface area contributed by atoms with E-state index in [1.54, 1.807) is 0 Å². The van der Waals surface area contributed by atoms with Crippen LogP contribution in [-0.2, 0) is 9.22 Å². The van der Waals surface area contributed by atoms with Gasteiger partial charge in [-0.2, -0.15) is 0 Å². The van der Waals surface area contributed by atoms with Crippen LogP contribution >= 0.6 is 0 Å². The fourth-order valence-corrected chi connectivity index (χ4v) is 3.45. The van der Waals surface area contributed by atoms with Crippen LogP contribution in [0.25, 0.3) is 0 Å². The molecule has 1 heterocycles. The van der Waals surface area contributed by atoms with E-state index in [1.165, 1.54) is 0 Å². The lowest BCUT2D eigenvalue weighted by molar-refractivity contribution is -0.138. The molecule has 1 amide bonds. The average Bonchev–Trinajstić information content (AvgIpc) is 2.10. The van der Waals surface area contributed by atoms with Crippen molar-refractivity contribution in [2.75, 3.05) is 0 Å². The van der Waals surface area contributed by atoms with E-state index in [9.17, 15) is 4.79 Å². The third-order valence-corrected chi connectivity index (χ3v) is 8.86. The number of nitrogens with one attached hydrogen (secondary N) is 1. The van der Waals surface area contributed by atoms with Gasteiger partial charge < -0.3 is 9.74 Å². The molecule has 1 fully saturated rings. The van der Waals surface area contributed by atoms with Crippen molar-refractivity contribution in [3.8, 4) is 0 Å². The van der Waals surface area contributed by atoms with Crippen molar-refractivity contribution in [3.63, 3.8) is 0 Å². The third kappa shape index (κ3) is 2.86. The Hall–Kier alpha value is -0.613. The van der Waals surface area contributed by atoms with Crippen molar-refractivity contribution in [2.24, 2.45) is 5.92 Å². The minimum atomic E-state index is -1.82. The maximum absolute atomic E-state index is 11.7. The zero-order valence-corrected chi connectivity index (χ0v) is 13.8. The summed E-state index contributed by atoms with van der Waals surface area (Å²) in [6, 6.07) is 0.0808. The Morgan fingerprint density at radius 2 is 1.94 bits per heavy atom. The molecule has 3 atom stereocenters. The van der Waals surface area contributed by atoms with Crippen LogP contribution in [0, 0.1) is 5.92 Å². The van der Waals surface area contributed by atoms with Crippen LogP contribution in [-0.4, -0.2) is 26.4 Å². The first-order valence-electron chi connectivity index (χ1n) is 6.61. The summed E-state index contributed by atoms with van der Waals surface area (Å²) in [4.78, 5) is 11.7. The molecule has 0 spiro atoms. The molecular weight excluding hydrogens is 242 g/mol.